The number of aliphatic imine (C=N–C) groups is 1. The van der Waals surface area contributed by atoms with Crippen molar-refractivity contribution in [2.24, 2.45) is 10.1 Å². The van der Waals surface area contributed by atoms with Crippen molar-refractivity contribution < 1.29 is 8.42 Å². The van der Waals surface area contributed by atoms with Gasteiger partial charge in [0.25, 0.3) is 0 Å². The molecule has 8 heteroatoms. The van der Waals surface area contributed by atoms with Gasteiger partial charge in [0.2, 0.25) is 10.0 Å². The predicted molar refractivity (Wildman–Crippen MR) is 125 cm³/mol. The first-order valence-corrected chi connectivity index (χ1v) is 12.4. The highest BCUT2D eigenvalue weighted by atomic mass is 32.2. The smallest absolute Gasteiger partial charge is 0.238 e. The van der Waals surface area contributed by atoms with E-state index in [4.69, 9.17) is 10.1 Å². The lowest BCUT2D eigenvalue weighted by Crippen LogP contribution is -2.40. The van der Waals surface area contributed by atoms with E-state index in [-0.39, 0.29) is 4.90 Å². The molecule has 7 nitrogen and oxygen atoms in total. The molecule has 1 atom stereocenters. The molecule has 2 aromatic rings. The van der Waals surface area contributed by atoms with Crippen molar-refractivity contribution in [1.29, 1.82) is 0 Å². The molecule has 1 unspecified atom stereocenters. The molecule has 0 spiro atoms. The van der Waals surface area contributed by atoms with Crippen molar-refractivity contribution in [2.75, 3.05) is 26.2 Å². The largest absolute Gasteiger partial charge is 0.357 e. The lowest BCUT2D eigenvalue weighted by Gasteiger charge is -2.23. The molecule has 0 radical (unpaired) electrons. The highest BCUT2D eigenvalue weighted by Crippen LogP contribution is 2.20. The summed E-state index contributed by atoms with van der Waals surface area (Å²) in [4.78, 5) is 7.48. The Morgan fingerprint density at radius 1 is 1.10 bits per heavy atom. The number of rotatable bonds is 9. The normalized spacial score (nSPS) is 17.6. The van der Waals surface area contributed by atoms with E-state index in [9.17, 15) is 8.42 Å². The number of nitrogens with two attached hydrogens (primary N) is 1. The standard InChI is InChI=1S/C23H33N5O2S/c1-2-25-23(26-15-14-19-10-12-22(13-11-19)31(24,29)30)27-17-21-9-6-16-28(21)18-20-7-4-3-5-8-20/h3-5,7-8,10-13,21H,2,6,9,14-18H2,1H3,(H2,24,29,30)(H2,25,26,27). The Hall–Kier alpha value is -2.42. The molecule has 168 valence electrons. The molecule has 31 heavy (non-hydrogen) atoms. The number of nitrogens with one attached hydrogen (secondary N) is 2. The number of nitrogens with zero attached hydrogens (tertiary/aromatic N) is 2. The molecule has 1 fully saturated rings. The van der Waals surface area contributed by atoms with Crippen LogP contribution in [-0.4, -0.2) is 51.5 Å². The van der Waals surface area contributed by atoms with E-state index in [1.807, 2.05) is 0 Å². The van der Waals surface area contributed by atoms with Crippen molar-refractivity contribution in [1.82, 2.24) is 15.5 Å². The first-order chi connectivity index (χ1) is 15.0. The average Bonchev–Trinajstić information content (AvgIpc) is 3.19. The summed E-state index contributed by atoms with van der Waals surface area (Å²) >= 11 is 0. The minimum absolute atomic E-state index is 0.135. The number of hydrogen-bond donors (Lipinski definition) is 3. The molecule has 0 amide bonds. The van der Waals surface area contributed by atoms with Gasteiger partial charge in [-0.05, 0) is 56.0 Å². The molecule has 3 rings (SSSR count). The molecule has 1 heterocycles. The number of benzene rings is 2. The van der Waals surface area contributed by atoms with Crippen LogP contribution in [0.15, 0.2) is 64.5 Å². The topological polar surface area (TPSA) is 99.8 Å². The van der Waals surface area contributed by atoms with Crippen LogP contribution in [0.3, 0.4) is 0 Å². The summed E-state index contributed by atoms with van der Waals surface area (Å²) in [5.41, 5.74) is 2.39. The van der Waals surface area contributed by atoms with E-state index in [0.717, 1.165) is 44.1 Å². The molecule has 1 aliphatic heterocycles. The number of guanidine groups is 1. The van der Waals surface area contributed by atoms with Crippen molar-refractivity contribution in [3.05, 3.63) is 65.7 Å². The molecular formula is C23H33N5O2S. The van der Waals surface area contributed by atoms with Crippen molar-refractivity contribution in [3.63, 3.8) is 0 Å². The highest BCUT2D eigenvalue weighted by Gasteiger charge is 2.24. The minimum Gasteiger partial charge on any atom is -0.357 e. The van der Waals surface area contributed by atoms with E-state index in [2.05, 4.69) is 52.8 Å². The van der Waals surface area contributed by atoms with E-state index in [0.29, 0.717) is 12.6 Å². The number of sulfonamides is 1. The molecular weight excluding hydrogens is 410 g/mol. The molecule has 1 aliphatic rings. The maximum absolute atomic E-state index is 11.4. The fourth-order valence-corrected chi connectivity index (χ4v) is 4.35. The molecule has 4 N–H and O–H groups in total. The van der Waals surface area contributed by atoms with Crippen LogP contribution in [0.2, 0.25) is 0 Å². The Morgan fingerprint density at radius 2 is 1.84 bits per heavy atom. The Bertz CT molecular complexity index is 946. The summed E-state index contributed by atoms with van der Waals surface area (Å²) in [6.07, 6.45) is 3.15. The van der Waals surface area contributed by atoms with Crippen molar-refractivity contribution in [3.8, 4) is 0 Å². The van der Waals surface area contributed by atoms with Crippen molar-refractivity contribution >= 4 is 16.0 Å². The van der Waals surface area contributed by atoms with Gasteiger partial charge in [0.15, 0.2) is 5.96 Å². The Labute approximate surface area is 185 Å². The van der Waals surface area contributed by atoms with Gasteiger partial charge in [0, 0.05) is 25.7 Å². The van der Waals surface area contributed by atoms with Crippen molar-refractivity contribution in [2.45, 2.75) is 43.7 Å². The Kier molecular flexibility index (Phi) is 8.45. The Morgan fingerprint density at radius 3 is 2.52 bits per heavy atom. The number of likely N-dealkylation sites (tertiary alicyclic amines) is 1. The van der Waals surface area contributed by atoms with Gasteiger partial charge in [-0.3, -0.25) is 9.89 Å². The second-order valence-corrected chi connectivity index (χ2v) is 9.40. The van der Waals surface area contributed by atoms with Crippen LogP contribution in [0, 0.1) is 0 Å². The van der Waals surface area contributed by atoms with Crippen LogP contribution < -0.4 is 15.8 Å². The maximum atomic E-state index is 11.4. The number of primary sulfonamides is 1. The third-order valence-electron chi connectivity index (χ3n) is 5.49. The van der Waals surface area contributed by atoms with Crippen LogP contribution in [0.1, 0.15) is 30.9 Å². The molecule has 0 aliphatic carbocycles. The summed E-state index contributed by atoms with van der Waals surface area (Å²) in [6, 6.07) is 17.7. The van der Waals surface area contributed by atoms with Gasteiger partial charge in [0.1, 0.15) is 0 Å². The molecule has 0 aromatic heterocycles. The van der Waals surface area contributed by atoms with Gasteiger partial charge in [-0.25, -0.2) is 13.6 Å². The zero-order valence-electron chi connectivity index (χ0n) is 18.1. The second kappa shape index (κ2) is 11.3. The minimum atomic E-state index is -3.65. The van der Waals surface area contributed by atoms with E-state index in [1.165, 1.54) is 18.4 Å². The second-order valence-electron chi connectivity index (χ2n) is 7.84. The zero-order chi connectivity index (χ0) is 22.1. The first-order valence-electron chi connectivity index (χ1n) is 10.9. The molecule has 2 aromatic carbocycles. The summed E-state index contributed by atoms with van der Waals surface area (Å²) in [5, 5.41) is 11.8. The van der Waals surface area contributed by atoms with E-state index in [1.54, 1.807) is 24.3 Å². The summed E-state index contributed by atoms with van der Waals surface area (Å²) < 4.78 is 22.7. The van der Waals surface area contributed by atoms with Gasteiger partial charge in [0.05, 0.1) is 11.4 Å². The predicted octanol–water partition coefficient (Wildman–Crippen LogP) is 2.10. The highest BCUT2D eigenvalue weighted by molar-refractivity contribution is 7.89. The Balaban J connectivity index is 1.51. The fraction of sp³-hybridized carbons (Fsp3) is 0.435. The SMILES string of the molecule is CCNC(=NCC1CCCN1Cc1ccccc1)NCCc1ccc(S(N)(=O)=O)cc1. The third kappa shape index (κ3) is 7.34. The average molecular weight is 444 g/mol. The van der Waals surface area contributed by atoms with Gasteiger partial charge < -0.3 is 10.6 Å². The van der Waals surface area contributed by atoms with Gasteiger partial charge in [-0.2, -0.15) is 0 Å². The molecule has 1 saturated heterocycles. The zero-order valence-corrected chi connectivity index (χ0v) is 18.9. The monoisotopic (exact) mass is 443 g/mol. The molecule has 0 bridgehead atoms. The van der Waals surface area contributed by atoms with E-state index < -0.39 is 10.0 Å². The summed E-state index contributed by atoms with van der Waals surface area (Å²) in [5.74, 6) is 0.815. The van der Waals surface area contributed by atoms with Gasteiger partial charge in [-0.1, -0.05) is 42.5 Å². The van der Waals surface area contributed by atoms with Crippen LogP contribution in [0.5, 0.6) is 0 Å². The maximum Gasteiger partial charge on any atom is 0.238 e. The number of hydrogen-bond acceptors (Lipinski definition) is 4. The van der Waals surface area contributed by atoms with Gasteiger partial charge >= 0.3 is 0 Å². The quantitative estimate of drug-likeness (QED) is 0.407. The summed E-state index contributed by atoms with van der Waals surface area (Å²) in [7, 11) is -3.65. The van der Waals surface area contributed by atoms with Gasteiger partial charge in [-0.15, -0.1) is 0 Å². The van der Waals surface area contributed by atoms with Crippen LogP contribution in [-0.2, 0) is 23.0 Å². The van der Waals surface area contributed by atoms with Crippen LogP contribution in [0.25, 0.3) is 0 Å². The lowest BCUT2D eigenvalue weighted by atomic mass is 10.1. The van der Waals surface area contributed by atoms with E-state index >= 15 is 0 Å². The van der Waals surface area contributed by atoms with Crippen LogP contribution in [0.4, 0.5) is 0 Å². The molecule has 0 saturated carbocycles. The third-order valence-corrected chi connectivity index (χ3v) is 6.42. The lowest BCUT2D eigenvalue weighted by molar-refractivity contribution is 0.250. The van der Waals surface area contributed by atoms with Crippen LogP contribution >= 0.6 is 0 Å². The fourth-order valence-electron chi connectivity index (χ4n) is 3.84. The first kappa shape index (κ1) is 23.2. The summed E-state index contributed by atoms with van der Waals surface area (Å²) in [6.45, 7) is 6.42.